The van der Waals surface area contributed by atoms with Crippen molar-refractivity contribution in [1.29, 1.82) is 0 Å². The lowest BCUT2D eigenvalue weighted by molar-refractivity contribution is 0.703. The molecule has 2 N–H and O–H groups in total. The molecule has 15 heavy (non-hydrogen) atoms. The molecule has 0 aliphatic carbocycles. The van der Waals surface area contributed by atoms with E-state index in [1.165, 1.54) is 12.6 Å². The van der Waals surface area contributed by atoms with Gasteiger partial charge in [-0.3, -0.25) is 0 Å². The van der Waals surface area contributed by atoms with E-state index in [1.54, 1.807) is 0 Å². The van der Waals surface area contributed by atoms with E-state index in [9.17, 15) is 0 Å². The highest BCUT2D eigenvalue weighted by Gasteiger charge is 2.32. The summed E-state index contributed by atoms with van der Waals surface area (Å²) in [6.45, 7) is 19.1. The van der Waals surface area contributed by atoms with Crippen molar-refractivity contribution in [3.05, 3.63) is 0 Å². The summed E-state index contributed by atoms with van der Waals surface area (Å²) in [7, 11) is 0.0322. The van der Waals surface area contributed by atoms with E-state index in [0.29, 0.717) is 10.3 Å². The third-order valence-electron chi connectivity index (χ3n) is 1.97. The van der Waals surface area contributed by atoms with Gasteiger partial charge in [0.15, 0.2) is 0 Å². The monoisotopic (exact) mass is 233 g/mol. The Balaban J connectivity index is 0. The topological polar surface area (TPSA) is 26.0 Å². The maximum atomic E-state index is 5.64. The van der Waals surface area contributed by atoms with Crippen LogP contribution >= 0.6 is 7.92 Å². The SMILES string of the molecule is CC(C)(C)P(CCN)C(C)(C)C.CCC. The van der Waals surface area contributed by atoms with Crippen LogP contribution in [0.25, 0.3) is 0 Å². The van der Waals surface area contributed by atoms with Crippen molar-refractivity contribution in [3.63, 3.8) is 0 Å². The van der Waals surface area contributed by atoms with Crippen molar-refractivity contribution >= 4 is 7.92 Å². The number of rotatable bonds is 2. The van der Waals surface area contributed by atoms with Crippen LogP contribution in [-0.2, 0) is 0 Å². The molecule has 0 radical (unpaired) electrons. The molecule has 2 heteroatoms. The second-order valence-electron chi connectivity index (χ2n) is 5.99. The van der Waals surface area contributed by atoms with Gasteiger partial charge in [0.2, 0.25) is 0 Å². The molecule has 0 amide bonds. The molecule has 0 bridgehead atoms. The predicted octanol–water partition coefficient (Wildman–Crippen LogP) is 4.44. The van der Waals surface area contributed by atoms with Gasteiger partial charge in [0, 0.05) is 0 Å². The van der Waals surface area contributed by atoms with Gasteiger partial charge in [-0.25, -0.2) is 0 Å². The normalized spacial score (nSPS) is 12.4. The molecule has 0 fully saturated rings. The van der Waals surface area contributed by atoms with Crippen LogP contribution in [0.4, 0.5) is 0 Å². The first-order valence-electron chi connectivity index (χ1n) is 6.09. The van der Waals surface area contributed by atoms with Crippen molar-refractivity contribution in [2.45, 2.75) is 72.1 Å². The molecule has 0 heterocycles. The fraction of sp³-hybridized carbons (Fsp3) is 1.00. The lowest BCUT2D eigenvalue weighted by atomic mass is 10.2. The smallest absolute Gasteiger partial charge is 0.00375 e. The maximum absolute atomic E-state index is 5.64. The van der Waals surface area contributed by atoms with Crippen LogP contribution in [-0.4, -0.2) is 23.0 Å². The van der Waals surface area contributed by atoms with Crippen LogP contribution in [0.15, 0.2) is 0 Å². The molecule has 0 saturated carbocycles. The second kappa shape index (κ2) is 7.63. The Labute approximate surface area is 99.0 Å². The lowest BCUT2D eigenvalue weighted by Gasteiger charge is -2.41. The number of hydrogen-bond acceptors (Lipinski definition) is 1. The van der Waals surface area contributed by atoms with E-state index >= 15 is 0 Å². The molecule has 0 unspecified atom stereocenters. The van der Waals surface area contributed by atoms with E-state index in [0.717, 1.165) is 6.54 Å². The molecule has 0 aromatic rings. The van der Waals surface area contributed by atoms with Gasteiger partial charge in [-0.1, -0.05) is 69.7 Å². The van der Waals surface area contributed by atoms with Gasteiger partial charge >= 0.3 is 0 Å². The fourth-order valence-corrected chi connectivity index (χ4v) is 5.42. The molecule has 94 valence electrons. The molecule has 1 nitrogen and oxygen atoms in total. The zero-order valence-electron chi connectivity index (χ0n) is 12.1. The molecular formula is C13H32NP. The molecule has 0 atom stereocenters. The number of hydrogen-bond donors (Lipinski definition) is 1. The first kappa shape index (κ1) is 17.8. The van der Waals surface area contributed by atoms with Crippen LogP contribution in [0.2, 0.25) is 0 Å². The van der Waals surface area contributed by atoms with Gasteiger partial charge in [-0.05, 0) is 23.0 Å². The van der Waals surface area contributed by atoms with Crippen LogP contribution < -0.4 is 5.73 Å². The molecule has 0 saturated heterocycles. The highest BCUT2D eigenvalue weighted by Crippen LogP contribution is 2.58. The van der Waals surface area contributed by atoms with Gasteiger partial charge in [-0.15, -0.1) is 0 Å². The molecule has 0 spiro atoms. The van der Waals surface area contributed by atoms with Crippen molar-refractivity contribution in [2.24, 2.45) is 5.73 Å². The van der Waals surface area contributed by atoms with E-state index < -0.39 is 0 Å². The van der Waals surface area contributed by atoms with Gasteiger partial charge < -0.3 is 5.73 Å². The lowest BCUT2D eigenvalue weighted by Crippen LogP contribution is -2.28. The Morgan fingerprint density at radius 1 is 0.867 bits per heavy atom. The summed E-state index contributed by atoms with van der Waals surface area (Å²) in [5, 5.41) is 0.875. The molecule has 0 aromatic carbocycles. The summed E-state index contributed by atoms with van der Waals surface area (Å²) in [4.78, 5) is 0. The zero-order chi connectivity index (χ0) is 12.7. The van der Waals surface area contributed by atoms with E-state index in [2.05, 4.69) is 55.4 Å². The predicted molar refractivity (Wildman–Crippen MR) is 76.3 cm³/mol. The Morgan fingerprint density at radius 3 is 1.20 bits per heavy atom. The average Bonchev–Trinajstić information content (AvgIpc) is 1.97. The van der Waals surface area contributed by atoms with Gasteiger partial charge in [0.05, 0.1) is 0 Å². The summed E-state index contributed by atoms with van der Waals surface area (Å²) >= 11 is 0. The van der Waals surface area contributed by atoms with Gasteiger partial charge in [-0.2, -0.15) is 0 Å². The Hall–Kier alpha value is 0.390. The summed E-state index contributed by atoms with van der Waals surface area (Å²) in [5.41, 5.74) is 5.64. The Bertz CT molecular complexity index is 128. The minimum atomic E-state index is 0.0322. The fourth-order valence-electron chi connectivity index (χ4n) is 1.81. The molecule has 0 aliphatic heterocycles. The van der Waals surface area contributed by atoms with E-state index in [-0.39, 0.29) is 7.92 Å². The van der Waals surface area contributed by atoms with Crippen molar-refractivity contribution in [2.75, 3.05) is 12.7 Å². The first-order valence-corrected chi connectivity index (χ1v) is 7.61. The Kier molecular flexibility index (Phi) is 9.04. The second-order valence-corrected chi connectivity index (χ2v) is 9.98. The van der Waals surface area contributed by atoms with Gasteiger partial charge in [0.25, 0.3) is 0 Å². The van der Waals surface area contributed by atoms with Crippen LogP contribution in [0.1, 0.15) is 61.8 Å². The molecule has 0 rings (SSSR count). The summed E-state index contributed by atoms with van der Waals surface area (Å²) in [6.07, 6.45) is 2.45. The zero-order valence-corrected chi connectivity index (χ0v) is 13.0. The van der Waals surface area contributed by atoms with Crippen LogP contribution in [0, 0.1) is 0 Å². The Morgan fingerprint density at radius 2 is 1.13 bits per heavy atom. The summed E-state index contributed by atoms with van der Waals surface area (Å²) in [6, 6.07) is 0. The van der Waals surface area contributed by atoms with Crippen molar-refractivity contribution in [3.8, 4) is 0 Å². The van der Waals surface area contributed by atoms with Crippen LogP contribution in [0.5, 0.6) is 0 Å². The highest BCUT2D eigenvalue weighted by molar-refractivity contribution is 7.60. The third-order valence-corrected chi connectivity index (χ3v) is 5.92. The molecule has 0 aromatic heterocycles. The molecular weight excluding hydrogens is 201 g/mol. The number of nitrogens with two attached hydrogens (primary N) is 1. The maximum Gasteiger partial charge on any atom is -0.00375 e. The van der Waals surface area contributed by atoms with Crippen molar-refractivity contribution in [1.82, 2.24) is 0 Å². The average molecular weight is 233 g/mol. The minimum Gasteiger partial charge on any atom is -0.330 e. The third kappa shape index (κ3) is 9.33. The summed E-state index contributed by atoms with van der Waals surface area (Å²) < 4.78 is 0. The van der Waals surface area contributed by atoms with Gasteiger partial charge in [0.1, 0.15) is 0 Å². The van der Waals surface area contributed by atoms with E-state index in [4.69, 9.17) is 5.73 Å². The van der Waals surface area contributed by atoms with Crippen molar-refractivity contribution < 1.29 is 0 Å². The quantitative estimate of drug-likeness (QED) is 0.701. The first-order chi connectivity index (χ1) is 6.61. The van der Waals surface area contributed by atoms with E-state index in [1.807, 2.05) is 0 Å². The molecule has 0 aliphatic rings. The standard InChI is InChI=1S/C10H24NP.C3H8/c1-9(2,3)12(8-7-11)10(4,5)6;1-3-2/h7-8,11H2,1-6H3;3H2,1-2H3. The summed E-state index contributed by atoms with van der Waals surface area (Å²) in [5.74, 6) is 0. The van der Waals surface area contributed by atoms with Crippen LogP contribution in [0.3, 0.4) is 0 Å². The highest BCUT2D eigenvalue weighted by atomic mass is 31.1. The largest absolute Gasteiger partial charge is 0.330 e. The minimum absolute atomic E-state index is 0.0322.